The predicted molar refractivity (Wildman–Crippen MR) is 86.5 cm³/mol. The first kappa shape index (κ1) is 16.5. The third kappa shape index (κ3) is 3.43. The third-order valence-electron chi connectivity index (χ3n) is 5.23. The van der Waals surface area contributed by atoms with E-state index in [1.165, 1.54) is 0 Å². The summed E-state index contributed by atoms with van der Waals surface area (Å²) < 4.78 is 10.7. The van der Waals surface area contributed by atoms with Gasteiger partial charge < -0.3 is 14.2 Å². The average molecular weight is 321 g/mol. The lowest BCUT2D eigenvalue weighted by Crippen LogP contribution is -2.47. The van der Waals surface area contributed by atoms with Crippen LogP contribution in [0.25, 0.3) is 0 Å². The number of nitrogens with zero attached hydrogens (tertiary/aromatic N) is 3. The van der Waals surface area contributed by atoms with Gasteiger partial charge in [-0.15, -0.1) is 0 Å². The maximum atomic E-state index is 12.7. The summed E-state index contributed by atoms with van der Waals surface area (Å²) in [5, 5.41) is 4.06. The fourth-order valence-corrected chi connectivity index (χ4v) is 3.49. The van der Waals surface area contributed by atoms with Crippen LogP contribution < -0.4 is 0 Å². The van der Waals surface area contributed by atoms with E-state index < -0.39 is 0 Å². The molecular weight excluding hydrogens is 294 g/mol. The highest BCUT2D eigenvalue weighted by molar-refractivity contribution is 5.91. The number of likely N-dealkylation sites (tertiary alicyclic amines) is 1. The van der Waals surface area contributed by atoms with Crippen molar-refractivity contribution in [1.29, 1.82) is 0 Å². The van der Waals surface area contributed by atoms with Crippen molar-refractivity contribution in [1.82, 2.24) is 15.0 Å². The van der Waals surface area contributed by atoms with Crippen molar-refractivity contribution in [2.45, 2.75) is 39.2 Å². The highest BCUT2D eigenvalue weighted by Gasteiger charge is 2.37. The molecule has 2 aliphatic rings. The lowest BCUT2D eigenvalue weighted by molar-refractivity contribution is 0.0118. The van der Waals surface area contributed by atoms with Gasteiger partial charge in [0.25, 0.3) is 5.91 Å². The normalized spacial score (nSPS) is 27.3. The molecule has 3 atom stereocenters. The second-order valence-electron chi connectivity index (χ2n) is 6.83. The van der Waals surface area contributed by atoms with Gasteiger partial charge in [0.2, 0.25) is 5.76 Å². The monoisotopic (exact) mass is 321 g/mol. The van der Waals surface area contributed by atoms with Crippen LogP contribution in [0.15, 0.2) is 10.6 Å². The van der Waals surface area contributed by atoms with E-state index in [1.54, 1.807) is 0 Å². The zero-order chi connectivity index (χ0) is 16.4. The largest absolute Gasteiger partial charge is 0.379 e. The molecule has 6 heteroatoms. The fourth-order valence-electron chi connectivity index (χ4n) is 3.49. The summed E-state index contributed by atoms with van der Waals surface area (Å²) in [7, 11) is 0. The summed E-state index contributed by atoms with van der Waals surface area (Å²) in [5.74, 6) is 1.12. The molecule has 0 aromatic carbocycles. The first-order valence-corrected chi connectivity index (χ1v) is 8.67. The number of rotatable bonds is 4. The minimum absolute atomic E-state index is 0.0327. The SMILES string of the molecule is CC[C@H](C)c1cc(C(=O)N2C[C@@H](C)[C@H](N3CCOCC3)C2)on1. The Kier molecular flexibility index (Phi) is 5.02. The van der Waals surface area contributed by atoms with Crippen LogP contribution in [0.5, 0.6) is 0 Å². The van der Waals surface area contributed by atoms with E-state index in [4.69, 9.17) is 9.26 Å². The van der Waals surface area contributed by atoms with Crippen LogP contribution in [0, 0.1) is 5.92 Å². The molecule has 1 aromatic heterocycles. The molecule has 0 aliphatic carbocycles. The van der Waals surface area contributed by atoms with Crippen LogP contribution >= 0.6 is 0 Å². The van der Waals surface area contributed by atoms with Crippen LogP contribution in [0.1, 0.15) is 49.4 Å². The minimum Gasteiger partial charge on any atom is -0.379 e. The highest BCUT2D eigenvalue weighted by atomic mass is 16.5. The molecule has 1 amide bonds. The fraction of sp³-hybridized carbons (Fsp3) is 0.765. The Balaban J connectivity index is 1.65. The molecule has 2 fully saturated rings. The van der Waals surface area contributed by atoms with Crippen molar-refractivity contribution in [2.75, 3.05) is 39.4 Å². The summed E-state index contributed by atoms with van der Waals surface area (Å²) in [4.78, 5) is 17.1. The van der Waals surface area contributed by atoms with E-state index in [-0.39, 0.29) is 5.91 Å². The Labute approximate surface area is 137 Å². The van der Waals surface area contributed by atoms with Gasteiger partial charge in [0.1, 0.15) is 0 Å². The first-order chi connectivity index (χ1) is 11.1. The summed E-state index contributed by atoms with van der Waals surface area (Å²) in [6, 6.07) is 2.23. The standard InChI is InChI=1S/C17H27N3O3/c1-4-12(2)14-9-16(23-18-14)17(21)20-10-13(3)15(11-20)19-5-7-22-8-6-19/h9,12-13,15H,4-8,10-11H2,1-3H3/t12-,13+,15+/m0/s1. The zero-order valence-electron chi connectivity index (χ0n) is 14.3. The van der Waals surface area contributed by atoms with Gasteiger partial charge in [-0.1, -0.05) is 25.9 Å². The van der Waals surface area contributed by atoms with Crippen molar-refractivity contribution < 1.29 is 14.1 Å². The quantitative estimate of drug-likeness (QED) is 0.849. The smallest absolute Gasteiger partial charge is 0.292 e. The number of carbonyl (C=O) groups is 1. The van der Waals surface area contributed by atoms with Crippen molar-refractivity contribution in [3.63, 3.8) is 0 Å². The average Bonchev–Trinajstić information content (AvgIpc) is 3.21. The Morgan fingerprint density at radius 1 is 1.39 bits per heavy atom. The van der Waals surface area contributed by atoms with E-state index in [0.717, 1.165) is 51.5 Å². The predicted octanol–water partition coefficient (Wildman–Crippen LogP) is 1.98. The number of ether oxygens (including phenoxy) is 1. The van der Waals surface area contributed by atoms with Crippen LogP contribution in [-0.2, 0) is 4.74 Å². The molecule has 2 saturated heterocycles. The van der Waals surface area contributed by atoms with Gasteiger partial charge >= 0.3 is 0 Å². The van der Waals surface area contributed by atoms with Gasteiger partial charge in [0.05, 0.1) is 18.9 Å². The van der Waals surface area contributed by atoms with Crippen LogP contribution in [0.2, 0.25) is 0 Å². The molecule has 0 unspecified atom stereocenters. The summed E-state index contributed by atoms with van der Waals surface area (Å²) in [6.07, 6.45) is 0.986. The molecule has 0 bridgehead atoms. The number of amides is 1. The van der Waals surface area contributed by atoms with E-state index in [0.29, 0.717) is 23.6 Å². The van der Waals surface area contributed by atoms with E-state index in [9.17, 15) is 4.79 Å². The number of hydrogen-bond acceptors (Lipinski definition) is 5. The number of carbonyl (C=O) groups excluding carboxylic acids is 1. The van der Waals surface area contributed by atoms with Crippen molar-refractivity contribution in [3.8, 4) is 0 Å². The molecule has 128 valence electrons. The molecule has 0 saturated carbocycles. The van der Waals surface area contributed by atoms with Crippen molar-refractivity contribution >= 4 is 5.91 Å². The Morgan fingerprint density at radius 2 is 2.13 bits per heavy atom. The van der Waals surface area contributed by atoms with Crippen LogP contribution in [0.4, 0.5) is 0 Å². The van der Waals surface area contributed by atoms with E-state index >= 15 is 0 Å². The number of aromatic nitrogens is 1. The third-order valence-corrected chi connectivity index (χ3v) is 5.23. The van der Waals surface area contributed by atoms with E-state index in [2.05, 4.69) is 30.8 Å². The lowest BCUT2D eigenvalue weighted by Gasteiger charge is -2.33. The van der Waals surface area contributed by atoms with Crippen molar-refractivity contribution in [2.24, 2.45) is 5.92 Å². The molecule has 2 aliphatic heterocycles. The van der Waals surface area contributed by atoms with Gasteiger partial charge in [0.15, 0.2) is 0 Å². The molecular formula is C17H27N3O3. The molecule has 0 N–H and O–H groups in total. The number of hydrogen-bond donors (Lipinski definition) is 0. The Hall–Kier alpha value is -1.40. The minimum atomic E-state index is -0.0327. The molecule has 0 spiro atoms. The van der Waals surface area contributed by atoms with Gasteiger partial charge in [-0.2, -0.15) is 0 Å². The van der Waals surface area contributed by atoms with Gasteiger partial charge in [0, 0.05) is 44.2 Å². The molecule has 3 rings (SSSR count). The zero-order valence-corrected chi connectivity index (χ0v) is 14.3. The number of morpholine rings is 1. The Morgan fingerprint density at radius 3 is 2.83 bits per heavy atom. The maximum absolute atomic E-state index is 12.7. The molecule has 6 nitrogen and oxygen atoms in total. The van der Waals surface area contributed by atoms with Gasteiger partial charge in [-0.05, 0) is 12.3 Å². The second kappa shape index (κ2) is 7.01. The summed E-state index contributed by atoms with van der Waals surface area (Å²) in [6.45, 7) is 11.5. The van der Waals surface area contributed by atoms with Crippen LogP contribution in [0.3, 0.4) is 0 Å². The molecule has 1 aromatic rings. The highest BCUT2D eigenvalue weighted by Crippen LogP contribution is 2.25. The second-order valence-corrected chi connectivity index (χ2v) is 6.83. The van der Waals surface area contributed by atoms with Crippen molar-refractivity contribution in [3.05, 3.63) is 17.5 Å². The Bertz CT molecular complexity index is 539. The molecule has 3 heterocycles. The topological polar surface area (TPSA) is 58.8 Å². The lowest BCUT2D eigenvalue weighted by atomic mass is 10.0. The van der Waals surface area contributed by atoms with Gasteiger partial charge in [-0.25, -0.2) is 0 Å². The molecule has 23 heavy (non-hydrogen) atoms. The first-order valence-electron chi connectivity index (χ1n) is 8.67. The van der Waals surface area contributed by atoms with Gasteiger partial charge in [-0.3, -0.25) is 9.69 Å². The van der Waals surface area contributed by atoms with Crippen LogP contribution in [-0.4, -0.2) is 66.3 Å². The molecule has 0 radical (unpaired) electrons. The summed E-state index contributed by atoms with van der Waals surface area (Å²) in [5.41, 5.74) is 0.868. The maximum Gasteiger partial charge on any atom is 0.292 e. The summed E-state index contributed by atoms with van der Waals surface area (Å²) >= 11 is 0. The van der Waals surface area contributed by atoms with E-state index in [1.807, 2.05) is 11.0 Å².